The topological polar surface area (TPSA) is 66.5 Å². The van der Waals surface area contributed by atoms with E-state index in [4.69, 9.17) is 0 Å². The maximum absolute atomic E-state index is 12.1. The van der Waals surface area contributed by atoms with E-state index in [0.29, 0.717) is 12.2 Å². The third kappa shape index (κ3) is 6.46. The molecule has 0 bridgehead atoms. The molecule has 0 radical (unpaired) electrons. The molecule has 0 fully saturated rings. The summed E-state index contributed by atoms with van der Waals surface area (Å²) >= 11 is 3.40. The first-order valence-electron chi connectivity index (χ1n) is 7.25. The fourth-order valence-electron chi connectivity index (χ4n) is 1.93. The van der Waals surface area contributed by atoms with Crippen LogP contribution in [0.4, 0.5) is 5.69 Å². The summed E-state index contributed by atoms with van der Waals surface area (Å²) in [4.78, 5) is 12.1. The zero-order valence-corrected chi connectivity index (χ0v) is 15.6. The van der Waals surface area contributed by atoms with Gasteiger partial charge in [-0.2, -0.15) is 4.31 Å². The van der Waals surface area contributed by atoms with Crippen LogP contribution < -0.4 is 5.32 Å². The smallest absolute Gasteiger partial charge is 0.239 e. The van der Waals surface area contributed by atoms with E-state index >= 15 is 0 Å². The fourth-order valence-corrected chi connectivity index (χ4v) is 3.12. The standard InChI is InChI=1S/C15H23BrN2O3S/c1-4-5-6-9-18(22(3,20)21)11-15(19)17-13-8-7-12(2)14(16)10-13/h7-8,10H,4-6,9,11H2,1-3H3,(H,17,19). The van der Waals surface area contributed by atoms with Crippen molar-refractivity contribution in [1.29, 1.82) is 0 Å². The second-order valence-electron chi connectivity index (χ2n) is 5.32. The number of rotatable bonds is 8. The zero-order chi connectivity index (χ0) is 16.8. The number of benzene rings is 1. The van der Waals surface area contributed by atoms with Crippen LogP contribution in [0.1, 0.15) is 31.7 Å². The number of nitrogens with zero attached hydrogens (tertiary/aromatic N) is 1. The minimum absolute atomic E-state index is 0.159. The summed E-state index contributed by atoms with van der Waals surface area (Å²) in [6.07, 6.45) is 3.83. The molecular formula is C15H23BrN2O3S. The third-order valence-electron chi connectivity index (χ3n) is 3.26. The molecule has 0 saturated carbocycles. The minimum Gasteiger partial charge on any atom is -0.325 e. The summed E-state index contributed by atoms with van der Waals surface area (Å²) < 4.78 is 25.6. The minimum atomic E-state index is -3.38. The quantitative estimate of drug-likeness (QED) is 0.693. The number of nitrogens with one attached hydrogen (secondary N) is 1. The van der Waals surface area contributed by atoms with Gasteiger partial charge in [0, 0.05) is 16.7 Å². The lowest BCUT2D eigenvalue weighted by Crippen LogP contribution is -2.38. The van der Waals surface area contributed by atoms with Gasteiger partial charge in [-0.1, -0.05) is 41.8 Å². The van der Waals surface area contributed by atoms with Crippen LogP contribution in [-0.2, 0) is 14.8 Å². The summed E-state index contributed by atoms with van der Waals surface area (Å²) in [5.41, 5.74) is 1.71. The summed E-state index contributed by atoms with van der Waals surface area (Å²) in [6, 6.07) is 5.48. The Morgan fingerprint density at radius 3 is 2.55 bits per heavy atom. The molecule has 1 N–H and O–H groups in total. The molecule has 124 valence electrons. The molecule has 22 heavy (non-hydrogen) atoms. The van der Waals surface area contributed by atoms with Gasteiger partial charge in [0.25, 0.3) is 0 Å². The van der Waals surface area contributed by atoms with E-state index in [2.05, 4.69) is 21.2 Å². The first kappa shape index (κ1) is 19.1. The number of aryl methyl sites for hydroxylation is 1. The van der Waals surface area contributed by atoms with E-state index in [0.717, 1.165) is 35.6 Å². The molecule has 7 heteroatoms. The summed E-state index contributed by atoms with van der Waals surface area (Å²) in [5.74, 6) is -0.335. The Morgan fingerprint density at radius 1 is 1.32 bits per heavy atom. The highest BCUT2D eigenvalue weighted by Crippen LogP contribution is 2.20. The van der Waals surface area contributed by atoms with Crippen molar-refractivity contribution in [2.75, 3.05) is 24.7 Å². The zero-order valence-electron chi connectivity index (χ0n) is 13.2. The SMILES string of the molecule is CCCCCN(CC(=O)Nc1ccc(C)c(Br)c1)S(C)(=O)=O. The van der Waals surface area contributed by atoms with Crippen LogP contribution in [0.15, 0.2) is 22.7 Å². The molecule has 0 aliphatic carbocycles. The van der Waals surface area contributed by atoms with E-state index in [9.17, 15) is 13.2 Å². The van der Waals surface area contributed by atoms with Crippen molar-refractivity contribution in [1.82, 2.24) is 4.31 Å². The average Bonchev–Trinajstić information content (AvgIpc) is 2.41. The van der Waals surface area contributed by atoms with Crippen molar-refractivity contribution in [2.45, 2.75) is 33.1 Å². The highest BCUT2D eigenvalue weighted by Gasteiger charge is 2.19. The Labute approximate surface area is 141 Å². The lowest BCUT2D eigenvalue weighted by atomic mass is 10.2. The number of unbranched alkanes of at least 4 members (excludes halogenated alkanes) is 2. The Balaban J connectivity index is 2.68. The molecule has 0 aromatic heterocycles. The lowest BCUT2D eigenvalue weighted by molar-refractivity contribution is -0.116. The van der Waals surface area contributed by atoms with Crippen LogP contribution in [-0.4, -0.2) is 38.0 Å². The van der Waals surface area contributed by atoms with E-state index in [-0.39, 0.29) is 12.5 Å². The van der Waals surface area contributed by atoms with Gasteiger partial charge in [0.05, 0.1) is 12.8 Å². The maximum Gasteiger partial charge on any atom is 0.239 e. The van der Waals surface area contributed by atoms with Gasteiger partial charge >= 0.3 is 0 Å². The van der Waals surface area contributed by atoms with Crippen molar-refractivity contribution in [3.05, 3.63) is 28.2 Å². The van der Waals surface area contributed by atoms with Crippen molar-refractivity contribution in [3.63, 3.8) is 0 Å². The molecule has 0 saturated heterocycles. The van der Waals surface area contributed by atoms with Gasteiger partial charge in [-0.25, -0.2) is 8.42 Å². The predicted octanol–water partition coefficient (Wildman–Crippen LogP) is 3.15. The largest absolute Gasteiger partial charge is 0.325 e. The van der Waals surface area contributed by atoms with Crippen molar-refractivity contribution >= 4 is 37.5 Å². The van der Waals surface area contributed by atoms with Gasteiger partial charge in [0.15, 0.2) is 0 Å². The summed E-state index contributed by atoms with van der Waals surface area (Å²) in [7, 11) is -3.38. The third-order valence-corrected chi connectivity index (χ3v) is 5.36. The number of halogens is 1. The molecule has 5 nitrogen and oxygen atoms in total. The molecule has 0 aliphatic heterocycles. The number of carbonyl (C=O) groups is 1. The highest BCUT2D eigenvalue weighted by atomic mass is 79.9. The Bertz CT molecular complexity index is 617. The summed E-state index contributed by atoms with van der Waals surface area (Å²) in [5, 5.41) is 2.73. The van der Waals surface area contributed by atoms with Crippen LogP contribution in [0.25, 0.3) is 0 Å². The van der Waals surface area contributed by atoms with Gasteiger partial charge in [0.1, 0.15) is 0 Å². The first-order chi connectivity index (χ1) is 10.2. The number of anilines is 1. The molecule has 1 aromatic carbocycles. The Kier molecular flexibility index (Phi) is 7.52. The van der Waals surface area contributed by atoms with E-state index < -0.39 is 10.0 Å². The molecule has 1 aromatic rings. The molecule has 0 atom stereocenters. The van der Waals surface area contributed by atoms with Gasteiger partial charge in [-0.3, -0.25) is 4.79 Å². The lowest BCUT2D eigenvalue weighted by Gasteiger charge is -2.19. The van der Waals surface area contributed by atoms with Gasteiger partial charge in [-0.15, -0.1) is 0 Å². The van der Waals surface area contributed by atoms with Gasteiger partial charge in [0.2, 0.25) is 15.9 Å². The Hall–Kier alpha value is -0.920. The van der Waals surface area contributed by atoms with E-state index in [1.54, 1.807) is 12.1 Å². The first-order valence-corrected chi connectivity index (χ1v) is 9.89. The fraction of sp³-hybridized carbons (Fsp3) is 0.533. The Morgan fingerprint density at radius 2 is 2.00 bits per heavy atom. The van der Waals surface area contributed by atoms with Crippen LogP contribution in [0, 0.1) is 6.92 Å². The van der Waals surface area contributed by atoms with Crippen LogP contribution >= 0.6 is 15.9 Å². The second kappa shape index (κ2) is 8.64. The van der Waals surface area contributed by atoms with E-state index in [1.165, 1.54) is 4.31 Å². The van der Waals surface area contributed by atoms with E-state index in [1.807, 2.05) is 19.9 Å². The number of amides is 1. The number of hydrogen-bond donors (Lipinski definition) is 1. The van der Waals surface area contributed by atoms with Crippen molar-refractivity contribution in [3.8, 4) is 0 Å². The summed E-state index contributed by atoms with van der Waals surface area (Å²) in [6.45, 7) is 4.22. The second-order valence-corrected chi connectivity index (χ2v) is 8.15. The normalized spacial score (nSPS) is 11.7. The number of hydrogen-bond acceptors (Lipinski definition) is 3. The molecule has 0 heterocycles. The molecule has 0 spiro atoms. The van der Waals surface area contributed by atoms with Crippen LogP contribution in [0.2, 0.25) is 0 Å². The number of sulfonamides is 1. The molecule has 1 amide bonds. The van der Waals surface area contributed by atoms with Crippen molar-refractivity contribution in [2.24, 2.45) is 0 Å². The van der Waals surface area contributed by atoms with Gasteiger partial charge < -0.3 is 5.32 Å². The monoisotopic (exact) mass is 390 g/mol. The maximum atomic E-state index is 12.1. The number of carbonyl (C=O) groups excluding carboxylic acids is 1. The van der Waals surface area contributed by atoms with Crippen molar-refractivity contribution < 1.29 is 13.2 Å². The molecular weight excluding hydrogens is 368 g/mol. The van der Waals surface area contributed by atoms with Crippen LogP contribution in [0.5, 0.6) is 0 Å². The predicted molar refractivity (Wildman–Crippen MR) is 93.5 cm³/mol. The van der Waals surface area contributed by atoms with Crippen LogP contribution in [0.3, 0.4) is 0 Å². The van der Waals surface area contributed by atoms with Gasteiger partial charge in [-0.05, 0) is 31.0 Å². The molecule has 0 unspecified atom stereocenters. The highest BCUT2D eigenvalue weighted by molar-refractivity contribution is 9.10. The average molecular weight is 391 g/mol. The molecule has 1 rings (SSSR count). The molecule has 0 aliphatic rings.